The molecule has 1 atom stereocenters. The molecule has 0 spiro atoms. The number of benzene rings is 1. The summed E-state index contributed by atoms with van der Waals surface area (Å²) in [7, 11) is 0. The van der Waals surface area contributed by atoms with Gasteiger partial charge in [-0.05, 0) is 18.9 Å². The van der Waals surface area contributed by atoms with Crippen LogP contribution in [0.2, 0.25) is 5.02 Å². The molecule has 0 saturated carbocycles. The molecule has 1 aliphatic rings. The topological polar surface area (TPSA) is 64.4 Å². The molecule has 1 amide bonds. The minimum absolute atomic E-state index is 0.241. The van der Waals surface area contributed by atoms with Crippen LogP contribution in [0.25, 0.3) is 0 Å². The first-order valence-electron chi connectivity index (χ1n) is 7.64. The quantitative estimate of drug-likeness (QED) is 0.926. The summed E-state index contributed by atoms with van der Waals surface area (Å²) in [6.07, 6.45) is 0.707. The van der Waals surface area contributed by atoms with Crippen LogP contribution in [0.15, 0.2) is 22.6 Å². The van der Waals surface area contributed by atoms with E-state index in [2.05, 4.69) is 24.1 Å². The molecule has 2 aromatic rings. The van der Waals surface area contributed by atoms with Gasteiger partial charge in [0.05, 0.1) is 16.8 Å². The van der Waals surface area contributed by atoms with Gasteiger partial charge in [0.2, 0.25) is 5.76 Å². The molecule has 5 nitrogen and oxygen atoms in total. The lowest BCUT2D eigenvalue weighted by Gasteiger charge is -2.10. The molecule has 122 valence electrons. The highest BCUT2D eigenvalue weighted by molar-refractivity contribution is 6.32. The van der Waals surface area contributed by atoms with Crippen LogP contribution < -0.4 is 10.1 Å². The Morgan fingerprint density at radius 3 is 3.00 bits per heavy atom. The number of carbonyl (C=O) groups is 1. The molecular weight excluding hydrogens is 316 g/mol. The Bertz CT molecular complexity index is 739. The number of carbonyl (C=O) groups excluding carboxylic acids is 1. The van der Waals surface area contributed by atoms with Gasteiger partial charge in [-0.25, -0.2) is 4.98 Å². The molecule has 1 aromatic carbocycles. The minimum atomic E-state index is -0.286. The van der Waals surface area contributed by atoms with E-state index in [0.717, 1.165) is 5.56 Å². The van der Waals surface area contributed by atoms with Crippen LogP contribution in [0, 0.1) is 12.8 Å². The monoisotopic (exact) mass is 334 g/mol. The third kappa shape index (κ3) is 3.20. The molecule has 3 rings (SSSR count). The second-order valence-electron chi connectivity index (χ2n) is 6.12. The van der Waals surface area contributed by atoms with E-state index in [-0.39, 0.29) is 17.7 Å². The molecule has 0 bridgehead atoms. The van der Waals surface area contributed by atoms with Gasteiger partial charge in [-0.1, -0.05) is 37.6 Å². The van der Waals surface area contributed by atoms with Gasteiger partial charge in [0.15, 0.2) is 5.89 Å². The lowest BCUT2D eigenvalue weighted by Crippen LogP contribution is -2.29. The number of ether oxygens (including phenoxy) is 1. The smallest absolute Gasteiger partial charge is 0.289 e. The Hall–Kier alpha value is -2.01. The highest BCUT2D eigenvalue weighted by Gasteiger charge is 2.29. The first kappa shape index (κ1) is 15.9. The van der Waals surface area contributed by atoms with E-state index in [0.29, 0.717) is 41.3 Å². The Kier molecular flexibility index (Phi) is 4.31. The van der Waals surface area contributed by atoms with E-state index in [9.17, 15) is 4.79 Å². The van der Waals surface area contributed by atoms with Crippen LogP contribution in [0.4, 0.5) is 0 Å². The zero-order chi connectivity index (χ0) is 16.6. The number of rotatable bonds is 4. The highest BCUT2D eigenvalue weighted by Crippen LogP contribution is 2.38. The third-order valence-corrected chi connectivity index (χ3v) is 4.00. The van der Waals surface area contributed by atoms with E-state index < -0.39 is 0 Å². The molecule has 23 heavy (non-hydrogen) atoms. The zero-order valence-corrected chi connectivity index (χ0v) is 14.1. The van der Waals surface area contributed by atoms with Crippen molar-refractivity contribution in [2.75, 3.05) is 6.61 Å². The number of nitrogens with one attached hydrogen (secondary N) is 1. The Morgan fingerprint density at radius 1 is 1.48 bits per heavy atom. The van der Waals surface area contributed by atoms with Crippen LogP contribution in [0.1, 0.15) is 47.6 Å². The second kappa shape index (κ2) is 6.24. The van der Waals surface area contributed by atoms with Crippen LogP contribution in [-0.4, -0.2) is 17.5 Å². The van der Waals surface area contributed by atoms with Crippen LogP contribution >= 0.6 is 11.6 Å². The van der Waals surface area contributed by atoms with Crippen molar-refractivity contribution < 1.29 is 13.9 Å². The molecule has 1 unspecified atom stereocenters. The van der Waals surface area contributed by atoms with E-state index in [1.807, 2.05) is 12.1 Å². The van der Waals surface area contributed by atoms with Gasteiger partial charge < -0.3 is 14.5 Å². The van der Waals surface area contributed by atoms with Gasteiger partial charge in [-0.3, -0.25) is 4.79 Å². The number of hydrogen-bond acceptors (Lipinski definition) is 4. The summed E-state index contributed by atoms with van der Waals surface area (Å²) in [5.41, 5.74) is 1.48. The van der Waals surface area contributed by atoms with Crippen molar-refractivity contribution in [2.45, 2.75) is 33.2 Å². The third-order valence-electron chi connectivity index (χ3n) is 3.70. The second-order valence-corrected chi connectivity index (χ2v) is 6.52. The fourth-order valence-electron chi connectivity index (χ4n) is 2.65. The summed E-state index contributed by atoms with van der Waals surface area (Å²) in [6.45, 7) is 6.29. The lowest BCUT2D eigenvalue weighted by molar-refractivity contribution is 0.0899. The Balaban J connectivity index is 1.76. The molecule has 1 N–H and O–H groups in total. The first-order valence-corrected chi connectivity index (χ1v) is 8.02. The van der Waals surface area contributed by atoms with Crippen molar-refractivity contribution in [1.82, 2.24) is 10.3 Å². The van der Waals surface area contributed by atoms with Gasteiger partial charge in [-0.2, -0.15) is 0 Å². The van der Waals surface area contributed by atoms with Crippen molar-refractivity contribution in [3.63, 3.8) is 0 Å². The summed E-state index contributed by atoms with van der Waals surface area (Å²) in [4.78, 5) is 16.8. The zero-order valence-electron chi connectivity index (χ0n) is 13.4. The summed E-state index contributed by atoms with van der Waals surface area (Å²) in [5.74, 6) is 1.62. The predicted octanol–water partition coefficient (Wildman–Crippen LogP) is 3.70. The number of halogens is 1. The summed E-state index contributed by atoms with van der Waals surface area (Å²) >= 11 is 6.10. The molecule has 0 aliphatic carbocycles. The maximum Gasteiger partial charge on any atom is 0.289 e. The fourth-order valence-corrected chi connectivity index (χ4v) is 2.89. The first-order chi connectivity index (χ1) is 11.0. The number of aromatic nitrogens is 1. The number of para-hydroxylation sites is 1. The van der Waals surface area contributed by atoms with Gasteiger partial charge in [0.1, 0.15) is 12.4 Å². The van der Waals surface area contributed by atoms with E-state index in [4.69, 9.17) is 20.8 Å². The highest BCUT2D eigenvalue weighted by atomic mass is 35.5. The minimum Gasteiger partial charge on any atom is -0.489 e. The standard InChI is InChI=1S/C17H19ClN2O3/c1-9(2)7-14-19-10(3)15(23-14)17(21)20-13-8-22-16-11(13)5-4-6-12(16)18/h4-6,9,13H,7-8H2,1-3H3,(H,20,21). The normalized spacial score (nSPS) is 16.3. The molecule has 0 fully saturated rings. The molecule has 6 heteroatoms. The van der Waals surface area contributed by atoms with Gasteiger partial charge >= 0.3 is 0 Å². The lowest BCUT2D eigenvalue weighted by atomic mass is 10.1. The van der Waals surface area contributed by atoms with Crippen molar-refractivity contribution in [3.8, 4) is 5.75 Å². The van der Waals surface area contributed by atoms with E-state index in [1.165, 1.54) is 0 Å². The van der Waals surface area contributed by atoms with Crippen molar-refractivity contribution in [1.29, 1.82) is 0 Å². The van der Waals surface area contributed by atoms with E-state index >= 15 is 0 Å². The number of aryl methyl sites for hydroxylation is 1. The van der Waals surface area contributed by atoms with Crippen molar-refractivity contribution in [3.05, 3.63) is 46.1 Å². The molecule has 1 aromatic heterocycles. The van der Waals surface area contributed by atoms with Gasteiger partial charge in [0.25, 0.3) is 5.91 Å². The largest absolute Gasteiger partial charge is 0.489 e. The maximum absolute atomic E-state index is 12.5. The molecular formula is C17H19ClN2O3. The Morgan fingerprint density at radius 2 is 2.26 bits per heavy atom. The van der Waals surface area contributed by atoms with Gasteiger partial charge in [-0.15, -0.1) is 0 Å². The van der Waals surface area contributed by atoms with Gasteiger partial charge in [0, 0.05) is 12.0 Å². The molecule has 2 heterocycles. The summed E-state index contributed by atoms with van der Waals surface area (Å²) in [6, 6.07) is 5.27. The number of hydrogen-bond donors (Lipinski definition) is 1. The molecule has 1 aliphatic heterocycles. The number of fused-ring (bicyclic) bond motifs is 1. The summed E-state index contributed by atoms with van der Waals surface area (Å²) in [5, 5.41) is 3.48. The van der Waals surface area contributed by atoms with E-state index in [1.54, 1.807) is 13.0 Å². The van der Waals surface area contributed by atoms with Crippen molar-refractivity contribution in [2.24, 2.45) is 5.92 Å². The SMILES string of the molecule is Cc1nc(CC(C)C)oc1C(=O)NC1COc2c(Cl)cccc21. The van der Waals surface area contributed by atoms with Crippen LogP contribution in [0.3, 0.4) is 0 Å². The van der Waals surface area contributed by atoms with Crippen molar-refractivity contribution >= 4 is 17.5 Å². The number of amides is 1. The predicted molar refractivity (Wildman–Crippen MR) is 86.9 cm³/mol. The van der Waals surface area contributed by atoms with Crippen LogP contribution in [-0.2, 0) is 6.42 Å². The maximum atomic E-state index is 12.5. The average Bonchev–Trinajstić information content (AvgIpc) is 3.03. The molecule has 0 saturated heterocycles. The van der Waals surface area contributed by atoms with Crippen LogP contribution in [0.5, 0.6) is 5.75 Å². The number of nitrogens with zero attached hydrogens (tertiary/aromatic N) is 1. The number of oxazole rings is 1. The molecule has 0 radical (unpaired) electrons. The fraction of sp³-hybridized carbons (Fsp3) is 0.412. The Labute approximate surface area is 140 Å². The average molecular weight is 335 g/mol. The summed E-state index contributed by atoms with van der Waals surface area (Å²) < 4.78 is 11.2.